The van der Waals surface area contributed by atoms with Crippen LogP contribution in [-0.4, -0.2) is 54.6 Å². The van der Waals surface area contributed by atoms with Crippen LogP contribution >= 0.6 is 0 Å². The van der Waals surface area contributed by atoms with Crippen molar-refractivity contribution in [3.63, 3.8) is 0 Å². The molecule has 148 valence electrons. The van der Waals surface area contributed by atoms with Crippen LogP contribution < -0.4 is 5.32 Å². The van der Waals surface area contributed by atoms with Crippen LogP contribution in [-0.2, 0) is 11.8 Å². The van der Waals surface area contributed by atoms with Crippen molar-refractivity contribution >= 4 is 11.9 Å². The van der Waals surface area contributed by atoms with Crippen LogP contribution in [0.2, 0.25) is 0 Å². The number of ether oxygens (including phenoxy) is 1. The predicted octanol–water partition coefficient (Wildman–Crippen LogP) is 2.72. The third-order valence-electron chi connectivity index (χ3n) is 5.17. The third kappa shape index (κ3) is 4.51. The summed E-state index contributed by atoms with van der Waals surface area (Å²) in [6.45, 7) is 7.40. The molecule has 1 N–H and O–H groups in total. The van der Waals surface area contributed by atoms with Gasteiger partial charge in [0.05, 0.1) is 7.11 Å². The highest BCUT2D eigenvalue weighted by molar-refractivity contribution is 5.96. The van der Waals surface area contributed by atoms with Crippen molar-refractivity contribution in [2.75, 3.05) is 33.3 Å². The van der Waals surface area contributed by atoms with E-state index in [1.54, 1.807) is 17.7 Å². The molecule has 0 radical (unpaired) electrons. The Hall–Kier alpha value is -2.86. The molecular weight excluding hydrogens is 354 g/mol. The van der Waals surface area contributed by atoms with Gasteiger partial charge < -0.3 is 14.6 Å². The Kier molecular flexibility index (Phi) is 6.31. The maximum atomic E-state index is 12.6. The Balaban J connectivity index is 1.65. The SMILES string of the molecule is C=CCN1CC[C@@H](CNC(=O)c2cccc(-c3cc(C(=O)OC)n(C)c3)c2)C1. The van der Waals surface area contributed by atoms with E-state index in [9.17, 15) is 9.59 Å². The van der Waals surface area contributed by atoms with Crippen molar-refractivity contribution in [2.24, 2.45) is 13.0 Å². The number of carbonyl (C=O) groups is 2. The molecule has 6 heteroatoms. The smallest absolute Gasteiger partial charge is 0.354 e. The summed E-state index contributed by atoms with van der Waals surface area (Å²) in [5.41, 5.74) is 2.84. The molecule has 0 spiro atoms. The second-order valence-electron chi connectivity index (χ2n) is 7.21. The minimum Gasteiger partial charge on any atom is -0.464 e. The fraction of sp³-hybridized carbons (Fsp3) is 0.364. The first kappa shape index (κ1) is 19.9. The van der Waals surface area contributed by atoms with Gasteiger partial charge in [-0.1, -0.05) is 18.2 Å². The molecule has 1 aromatic carbocycles. The van der Waals surface area contributed by atoms with Gasteiger partial charge in [0.15, 0.2) is 0 Å². The maximum Gasteiger partial charge on any atom is 0.354 e. The molecule has 0 unspecified atom stereocenters. The quantitative estimate of drug-likeness (QED) is 0.592. The highest BCUT2D eigenvalue weighted by Gasteiger charge is 2.22. The van der Waals surface area contributed by atoms with E-state index < -0.39 is 0 Å². The molecule has 0 bridgehead atoms. The Morgan fingerprint density at radius 3 is 2.89 bits per heavy atom. The highest BCUT2D eigenvalue weighted by Crippen LogP contribution is 2.23. The molecule has 2 heterocycles. The van der Waals surface area contributed by atoms with Gasteiger partial charge in [0.2, 0.25) is 0 Å². The van der Waals surface area contributed by atoms with Gasteiger partial charge in [0, 0.05) is 44.0 Å². The number of likely N-dealkylation sites (tertiary alicyclic amines) is 1. The van der Waals surface area contributed by atoms with Crippen molar-refractivity contribution in [3.05, 3.63) is 60.4 Å². The molecule has 1 aromatic heterocycles. The van der Waals surface area contributed by atoms with E-state index >= 15 is 0 Å². The zero-order chi connectivity index (χ0) is 20.1. The molecule has 1 amide bonds. The number of hydrogen-bond donors (Lipinski definition) is 1. The Labute approximate surface area is 165 Å². The van der Waals surface area contributed by atoms with E-state index in [0.717, 1.165) is 37.2 Å². The fourth-order valence-electron chi connectivity index (χ4n) is 3.64. The lowest BCUT2D eigenvalue weighted by Gasteiger charge is -2.14. The lowest BCUT2D eigenvalue weighted by molar-refractivity contribution is 0.0590. The number of carbonyl (C=O) groups excluding carboxylic acids is 2. The Bertz CT molecular complexity index is 872. The van der Waals surface area contributed by atoms with Crippen LogP contribution in [0.5, 0.6) is 0 Å². The number of benzene rings is 1. The largest absolute Gasteiger partial charge is 0.464 e. The fourth-order valence-corrected chi connectivity index (χ4v) is 3.64. The van der Waals surface area contributed by atoms with E-state index in [1.165, 1.54) is 7.11 Å². The lowest BCUT2D eigenvalue weighted by atomic mass is 10.0. The van der Waals surface area contributed by atoms with Gasteiger partial charge >= 0.3 is 5.97 Å². The second kappa shape index (κ2) is 8.89. The summed E-state index contributed by atoms with van der Waals surface area (Å²) < 4.78 is 6.52. The molecular formula is C22H27N3O3. The number of aromatic nitrogens is 1. The van der Waals surface area contributed by atoms with E-state index in [-0.39, 0.29) is 11.9 Å². The predicted molar refractivity (Wildman–Crippen MR) is 109 cm³/mol. The highest BCUT2D eigenvalue weighted by atomic mass is 16.5. The molecule has 2 aromatic rings. The zero-order valence-electron chi connectivity index (χ0n) is 16.5. The van der Waals surface area contributed by atoms with Crippen molar-refractivity contribution in [2.45, 2.75) is 6.42 Å². The summed E-state index contributed by atoms with van der Waals surface area (Å²) in [7, 11) is 3.16. The standard InChI is InChI=1S/C22H27N3O3/c1-4-9-25-10-8-16(14-25)13-23-21(26)18-7-5-6-17(11-18)19-12-20(22(27)28-3)24(2)15-19/h4-7,11-12,15-16H,1,8-10,13-14H2,2-3H3,(H,23,26)/t16-/m0/s1. The first-order chi connectivity index (χ1) is 13.5. The minimum atomic E-state index is -0.385. The van der Waals surface area contributed by atoms with Gasteiger partial charge in [-0.3, -0.25) is 9.69 Å². The number of amides is 1. The van der Waals surface area contributed by atoms with E-state index in [2.05, 4.69) is 16.8 Å². The van der Waals surface area contributed by atoms with Gasteiger partial charge in [0.25, 0.3) is 5.91 Å². The Morgan fingerprint density at radius 1 is 1.32 bits per heavy atom. The first-order valence-corrected chi connectivity index (χ1v) is 9.48. The molecule has 1 fully saturated rings. The molecule has 3 rings (SSSR count). The van der Waals surface area contributed by atoms with Crippen LogP contribution in [0.3, 0.4) is 0 Å². The Morgan fingerprint density at radius 2 is 2.14 bits per heavy atom. The van der Waals surface area contributed by atoms with Crippen LogP contribution in [0, 0.1) is 5.92 Å². The minimum absolute atomic E-state index is 0.0758. The van der Waals surface area contributed by atoms with Crippen LogP contribution in [0.15, 0.2) is 49.2 Å². The van der Waals surface area contributed by atoms with Crippen molar-refractivity contribution in [3.8, 4) is 11.1 Å². The molecule has 28 heavy (non-hydrogen) atoms. The number of hydrogen-bond acceptors (Lipinski definition) is 4. The molecule has 1 atom stereocenters. The summed E-state index contributed by atoms with van der Waals surface area (Å²) in [5, 5.41) is 3.06. The lowest BCUT2D eigenvalue weighted by Crippen LogP contribution is -2.31. The van der Waals surface area contributed by atoms with Crippen molar-refractivity contribution < 1.29 is 14.3 Å². The summed E-state index contributed by atoms with van der Waals surface area (Å²) in [4.78, 5) is 26.8. The number of aryl methyl sites for hydroxylation is 1. The number of methoxy groups -OCH3 is 1. The number of rotatable bonds is 7. The first-order valence-electron chi connectivity index (χ1n) is 9.48. The van der Waals surface area contributed by atoms with E-state index in [1.807, 2.05) is 36.5 Å². The van der Waals surface area contributed by atoms with Gasteiger partial charge in [-0.05, 0) is 42.6 Å². The van der Waals surface area contributed by atoms with Crippen LogP contribution in [0.1, 0.15) is 27.3 Å². The summed E-state index contributed by atoms with van der Waals surface area (Å²) >= 11 is 0. The molecule has 6 nitrogen and oxygen atoms in total. The van der Waals surface area contributed by atoms with Gasteiger partial charge in [-0.15, -0.1) is 6.58 Å². The summed E-state index contributed by atoms with van der Waals surface area (Å²) in [6.07, 6.45) is 4.87. The van der Waals surface area contributed by atoms with Crippen LogP contribution in [0.4, 0.5) is 0 Å². The average molecular weight is 381 g/mol. The molecule has 1 aliphatic heterocycles. The summed E-state index contributed by atoms with van der Waals surface area (Å²) in [6, 6.07) is 9.22. The summed E-state index contributed by atoms with van der Waals surface area (Å²) in [5.74, 6) is 0.0154. The number of nitrogens with zero attached hydrogens (tertiary/aromatic N) is 2. The number of esters is 1. The topological polar surface area (TPSA) is 63.6 Å². The second-order valence-corrected chi connectivity index (χ2v) is 7.21. The van der Waals surface area contributed by atoms with Crippen molar-refractivity contribution in [1.29, 1.82) is 0 Å². The van der Waals surface area contributed by atoms with Gasteiger partial charge in [0.1, 0.15) is 5.69 Å². The van der Waals surface area contributed by atoms with Crippen molar-refractivity contribution in [1.82, 2.24) is 14.8 Å². The molecule has 1 aliphatic rings. The molecule has 0 aliphatic carbocycles. The van der Waals surface area contributed by atoms with Crippen LogP contribution in [0.25, 0.3) is 11.1 Å². The van der Waals surface area contributed by atoms with E-state index in [4.69, 9.17) is 4.74 Å². The molecule has 0 saturated carbocycles. The van der Waals surface area contributed by atoms with Gasteiger partial charge in [-0.25, -0.2) is 4.79 Å². The maximum absolute atomic E-state index is 12.6. The third-order valence-corrected chi connectivity index (χ3v) is 5.17. The number of nitrogens with one attached hydrogen (secondary N) is 1. The molecule has 1 saturated heterocycles. The zero-order valence-corrected chi connectivity index (χ0v) is 16.5. The normalized spacial score (nSPS) is 16.7. The monoisotopic (exact) mass is 381 g/mol. The average Bonchev–Trinajstić information content (AvgIpc) is 3.32. The van der Waals surface area contributed by atoms with Gasteiger partial charge in [-0.2, -0.15) is 0 Å². The van der Waals surface area contributed by atoms with E-state index in [0.29, 0.717) is 23.7 Å².